The summed E-state index contributed by atoms with van der Waals surface area (Å²) in [6, 6.07) is 0. The smallest absolute Gasteiger partial charge is 0.217 e. The van der Waals surface area contributed by atoms with Gasteiger partial charge in [-0.3, -0.25) is 14.4 Å². The molecule has 2 aromatic rings. The molecule has 124 valence electrons. The van der Waals surface area contributed by atoms with Crippen LogP contribution in [-0.4, -0.2) is 38.7 Å². The molecule has 23 heavy (non-hydrogen) atoms. The summed E-state index contributed by atoms with van der Waals surface area (Å²) in [7, 11) is 1.94. The lowest BCUT2D eigenvalue weighted by Gasteiger charge is -2.28. The highest BCUT2D eigenvalue weighted by Gasteiger charge is 2.42. The number of hydrogen-bond acceptors (Lipinski definition) is 5. The van der Waals surface area contributed by atoms with Crippen LogP contribution >= 0.6 is 11.3 Å². The Labute approximate surface area is 140 Å². The Balaban J connectivity index is 1.80. The van der Waals surface area contributed by atoms with Crippen LogP contribution in [0.25, 0.3) is 0 Å². The van der Waals surface area contributed by atoms with E-state index in [0.717, 1.165) is 42.5 Å². The van der Waals surface area contributed by atoms with Crippen molar-refractivity contribution in [1.82, 2.24) is 25.0 Å². The van der Waals surface area contributed by atoms with E-state index in [2.05, 4.69) is 26.5 Å². The van der Waals surface area contributed by atoms with Crippen molar-refractivity contribution in [3.8, 4) is 0 Å². The normalized spacial score (nSPS) is 21.7. The summed E-state index contributed by atoms with van der Waals surface area (Å²) in [6.07, 6.45) is 2.96. The molecule has 0 saturated carbocycles. The van der Waals surface area contributed by atoms with Crippen LogP contribution < -0.4 is 5.32 Å². The molecule has 3 heterocycles. The van der Waals surface area contributed by atoms with E-state index in [4.69, 9.17) is 0 Å². The molecule has 1 unspecified atom stereocenters. The van der Waals surface area contributed by atoms with E-state index in [1.807, 2.05) is 31.0 Å². The zero-order valence-corrected chi connectivity index (χ0v) is 14.9. The van der Waals surface area contributed by atoms with Crippen molar-refractivity contribution < 1.29 is 4.79 Å². The van der Waals surface area contributed by atoms with Gasteiger partial charge >= 0.3 is 0 Å². The number of rotatable bonds is 4. The highest BCUT2D eigenvalue weighted by Crippen LogP contribution is 2.35. The van der Waals surface area contributed by atoms with Crippen LogP contribution in [0, 0.1) is 13.8 Å². The van der Waals surface area contributed by atoms with Gasteiger partial charge in [-0.05, 0) is 20.3 Å². The first kappa shape index (κ1) is 16.1. The Kier molecular flexibility index (Phi) is 4.25. The highest BCUT2D eigenvalue weighted by atomic mass is 32.1. The van der Waals surface area contributed by atoms with Gasteiger partial charge in [-0.25, -0.2) is 4.98 Å². The predicted octanol–water partition coefficient (Wildman–Crippen LogP) is 1.73. The molecule has 1 amide bonds. The molecule has 1 aliphatic heterocycles. The Morgan fingerprint density at radius 1 is 1.48 bits per heavy atom. The summed E-state index contributed by atoms with van der Waals surface area (Å²) in [4.78, 5) is 18.8. The number of carbonyl (C=O) groups is 1. The summed E-state index contributed by atoms with van der Waals surface area (Å²) in [6.45, 7) is 8.19. The molecule has 1 fully saturated rings. The average Bonchev–Trinajstić information content (AvgIpc) is 3.12. The Morgan fingerprint density at radius 2 is 2.26 bits per heavy atom. The number of nitrogens with one attached hydrogen (secondary N) is 1. The van der Waals surface area contributed by atoms with Gasteiger partial charge in [-0.15, -0.1) is 11.3 Å². The zero-order chi connectivity index (χ0) is 16.6. The summed E-state index contributed by atoms with van der Waals surface area (Å²) in [5.41, 5.74) is 2.95. The van der Waals surface area contributed by atoms with Gasteiger partial charge in [0.2, 0.25) is 5.91 Å². The van der Waals surface area contributed by atoms with Gasteiger partial charge in [-0.2, -0.15) is 5.10 Å². The Morgan fingerprint density at radius 3 is 2.83 bits per heavy atom. The molecule has 1 N–H and O–H groups in total. The van der Waals surface area contributed by atoms with Gasteiger partial charge in [0.15, 0.2) is 0 Å². The molecule has 6 nitrogen and oxygen atoms in total. The van der Waals surface area contributed by atoms with E-state index in [9.17, 15) is 4.79 Å². The standard InChI is InChI=1S/C16H23N5OS/c1-11-9-23-15(17-11)16(18-13(3)22)5-6-21(10-16)8-14-7-20(4)19-12(14)2/h7,9H,5-6,8,10H2,1-4H3,(H,18,22). The van der Waals surface area contributed by atoms with E-state index in [1.54, 1.807) is 18.3 Å². The van der Waals surface area contributed by atoms with Crippen LogP contribution in [0.2, 0.25) is 0 Å². The number of aromatic nitrogens is 3. The Hall–Kier alpha value is -1.73. The van der Waals surface area contributed by atoms with Crippen molar-refractivity contribution in [2.24, 2.45) is 7.05 Å². The fourth-order valence-corrected chi connectivity index (χ4v) is 4.28. The van der Waals surface area contributed by atoms with Gasteiger partial charge in [0, 0.05) is 56.4 Å². The molecule has 0 spiro atoms. The van der Waals surface area contributed by atoms with Crippen molar-refractivity contribution in [2.45, 2.75) is 39.3 Å². The summed E-state index contributed by atoms with van der Waals surface area (Å²) in [5.74, 6) is -0.00254. The minimum atomic E-state index is -0.360. The molecular formula is C16H23N5OS. The lowest BCUT2D eigenvalue weighted by Crippen LogP contribution is -2.47. The number of carbonyl (C=O) groups excluding carboxylic acids is 1. The van der Waals surface area contributed by atoms with Crippen LogP contribution in [-0.2, 0) is 23.9 Å². The van der Waals surface area contributed by atoms with E-state index in [-0.39, 0.29) is 11.4 Å². The van der Waals surface area contributed by atoms with E-state index >= 15 is 0 Å². The molecule has 2 aromatic heterocycles. The topological polar surface area (TPSA) is 63.1 Å². The average molecular weight is 333 g/mol. The molecule has 0 aromatic carbocycles. The summed E-state index contributed by atoms with van der Waals surface area (Å²) < 4.78 is 1.85. The number of hydrogen-bond donors (Lipinski definition) is 1. The number of amides is 1. The summed E-state index contributed by atoms with van der Waals surface area (Å²) >= 11 is 1.63. The van der Waals surface area contributed by atoms with Crippen LogP contribution in [0.15, 0.2) is 11.6 Å². The lowest BCUT2D eigenvalue weighted by molar-refractivity contribution is -0.120. The van der Waals surface area contributed by atoms with Crippen molar-refractivity contribution in [3.63, 3.8) is 0 Å². The predicted molar refractivity (Wildman–Crippen MR) is 90.2 cm³/mol. The third-order valence-corrected chi connectivity index (χ3v) is 5.47. The first-order valence-electron chi connectivity index (χ1n) is 7.81. The number of likely N-dealkylation sites (tertiary alicyclic amines) is 1. The fourth-order valence-electron chi connectivity index (χ4n) is 3.31. The second-order valence-electron chi connectivity index (χ2n) is 6.43. The molecule has 3 rings (SSSR count). The number of aryl methyl sites for hydroxylation is 3. The zero-order valence-electron chi connectivity index (χ0n) is 14.1. The Bertz CT molecular complexity index is 722. The SMILES string of the molecule is CC(=O)NC1(c2nc(C)cs2)CCN(Cc2cn(C)nc2C)C1. The lowest BCUT2D eigenvalue weighted by atomic mass is 9.99. The van der Waals surface area contributed by atoms with Crippen molar-refractivity contribution in [2.75, 3.05) is 13.1 Å². The third-order valence-electron chi connectivity index (χ3n) is 4.30. The molecule has 0 aliphatic carbocycles. The summed E-state index contributed by atoms with van der Waals surface area (Å²) in [5, 5.41) is 10.6. The van der Waals surface area contributed by atoms with Crippen LogP contribution in [0.3, 0.4) is 0 Å². The van der Waals surface area contributed by atoms with Crippen LogP contribution in [0.4, 0.5) is 0 Å². The molecule has 1 aliphatic rings. The first-order chi connectivity index (χ1) is 10.9. The van der Waals surface area contributed by atoms with E-state index in [1.165, 1.54) is 5.56 Å². The fraction of sp³-hybridized carbons (Fsp3) is 0.562. The molecule has 0 radical (unpaired) electrons. The second kappa shape index (κ2) is 6.05. The maximum atomic E-state index is 11.7. The maximum absolute atomic E-state index is 11.7. The number of thiazole rings is 1. The second-order valence-corrected chi connectivity index (χ2v) is 7.29. The maximum Gasteiger partial charge on any atom is 0.217 e. The monoisotopic (exact) mass is 333 g/mol. The molecule has 1 atom stereocenters. The van der Waals surface area contributed by atoms with E-state index in [0.29, 0.717) is 0 Å². The van der Waals surface area contributed by atoms with Gasteiger partial charge < -0.3 is 5.32 Å². The van der Waals surface area contributed by atoms with Crippen molar-refractivity contribution in [1.29, 1.82) is 0 Å². The van der Waals surface area contributed by atoms with Crippen molar-refractivity contribution >= 4 is 17.2 Å². The largest absolute Gasteiger partial charge is 0.343 e. The van der Waals surface area contributed by atoms with Crippen molar-refractivity contribution in [3.05, 3.63) is 33.5 Å². The highest BCUT2D eigenvalue weighted by molar-refractivity contribution is 7.09. The van der Waals surface area contributed by atoms with Gasteiger partial charge in [-0.1, -0.05) is 0 Å². The minimum absolute atomic E-state index is 0.00254. The molecule has 1 saturated heterocycles. The first-order valence-corrected chi connectivity index (χ1v) is 8.69. The molecular weight excluding hydrogens is 310 g/mol. The van der Waals surface area contributed by atoms with Gasteiger partial charge in [0.1, 0.15) is 10.5 Å². The quantitative estimate of drug-likeness (QED) is 0.925. The van der Waals surface area contributed by atoms with Crippen LogP contribution in [0.1, 0.15) is 35.3 Å². The van der Waals surface area contributed by atoms with Gasteiger partial charge in [0.05, 0.1) is 5.69 Å². The van der Waals surface area contributed by atoms with Crippen LogP contribution in [0.5, 0.6) is 0 Å². The third kappa shape index (κ3) is 3.30. The van der Waals surface area contributed by atoms with E-state index < -0.39 is 0 Å². The molecule has 7 heteroatoms. The minimum Gasteiger partial charge on any atom is -0.343 e. The number of nitrogens with zero attached hydrogens (tertiary/aromatic N) is 4. The molecule has 0 bridgehead atoms. The van der Waals surface area contributed by atoms with Gasteiger partial charge in [0.25, 0.3) is 0 Å².